The number of carbonyl (C=O) groups excluding carboxylic acids is 1. The molecule has 0 aliphatic carbocycles. The van der Waals surface area contributed by atoms with Crippen molar-refractivity contribution in [3.63, 3.8) is 0 Å². The first kappa shape index (κ1) is 24.7. The lowest BCUT2D eigenvalue weighted by Gasteiger charge is -2.33. The number of amides is 1. The molecule has 1 fully saturated rings. The standard InChI is InChI=1S/C26H27F3N4O2/c1-19-2-6-22(30-17-19)10-11-32-12-14-33(15-13-32)25(34)35-24-8-3-20(4-9-24)16-23-7-5-21(18-31-23)26(27,28)29/h2-9,17-18H,10-16H2,1H3. The minimum absolute atomic E-state index is 0.381. The molecule has 0 unspecified atom stereocenters. The van der Waals surface area contributed by atoms with E-state index in [2.05, 4.69) is 20.9 Å². The molecule has 1 aliphatic heterocycles. The summed E-state index contributed by atoms with van der Waals surface area (Å²) in [6, 6.07) is 13.4. The van der Waals surface area contributed by atoms with Gasteiger partial charge in [-0.3, -0.25) is 14.9 Å². The normalized spacial score (nSPS) is 14.7. The predicted molar refractivity (Wildman–Crippen MR) is 125 cm³/mol. The Morgan fingerprint density at radius 2 is 1.60 bits per heavy atom. The molecule has 2 aromatic heterocycles. The predicted octanol–water partition coefficient (Wildman–Crippen LogP) is 4.75. The summed E-state index contributed by atoms with van der Waals surface area (Å²) < 4.78 is 43.5. The maximum atomic E-state index is 12.7. The highest BCUT2D eigenvalue weighted by Crippen LogP contribution is 2.28. The van der Waals surface area contributed by atoms with E-state index < -0.39 is 11.7 Å². The zero-order chi connectivity index (χ0) is 24.8. The Labute approximate surface area is 202 Å². The van der Waals surface area contributed by atoms with Crippen LogP contribution in [0.15, 0.2) is 60.9 Å². The summed E-state index contributed by atoms with van der Waals surface area (Å²) in [6.45, 7) is 5.66. The number of hydrogen-bond donors (Lipinski definition) is 0. The van der Waals surface area contributed by atoms with Crippen LogP contribution in [-0.4, -0.2) is 58.6 Å². The number of nitrogens with zero attached hydrogens (tertiary/aromatic N) is 4. The van der Waals surface area contributed by atoms with Crippen molar-refractivity contribution in [3.8, 4) is 5.75 Å². The highest BCUT2D eigenvalue weighted by molar-refractivity contribution is 5.70. The van der Waals surface area contributed by atoms with E-state index in [1.165, 1.54) is 6.07 Å². The Balaban J connectivity index is 1.22. The largest absolute Gasteiger partial charge is 0.417 e. The van der Waals surface area contributed by atoms with Gasteiger partial charge >= 0.3 is 12.3 Å². The Kier molecular flexibility index (Phi) is 7.65. The average molecular weight is 485 g/mol. The highest BCUT2D eigenvalue weighted by atomic mass is 19.4. The SMILES string of the molecule is Cc1ccc(CCN2CCN(C(=O)Oc3ccc(Cc4ccc(C(F)(F)F)cn4)cc3)CC2)nc1. The Morgan fingerprint density at radius 1 is 0.914 bits per heavy atom. The summed E-state index contributed by atoms with van der Waals surface area (Å²) in [7, 11) is 0. The van der Waals surface area contributed by atoms with Crippen LogP contribution in [0, 0.1) is 6.92 Å². The number of aromatic nitrogens is 2. The van der Waals surface area contributed by atoms with Gasteiger partial charge in [0.05, 0.1) is 5.56 Å². The fourth-order valence-electron chi connectivity index (χ4n) is 3.82. The molecule has 0 N–H and O–H groups in total. The smallest absolute Gasteiger partial charge is 0.410 e. The van der Waals surface area contributed by atoms with Gasteiger partial charge in [-0.05, 0) is 48.4 Å². The number of rotatable bonds is 6. The van der Waals surface area contributed by atoms with Crippen LogP contribution in [0.25, 0.3) is 0 Å². The topological polar surface area (TPSA) is 58.6 Å². The van der Waals surface area contributed by atoms with E-state index in [0.29, 0.717) is 31.0 Å². The Morgan fingerprint density at radius 3 is 2.20 bits per heavy atom. The van der Waals surface area contributed by atoms with Crippen LogP contribution in [0.1, 0.15) is 28.1 Å². The van der Waals surface area contributed by atoms with Gasteiger partial charge < -0.3 is 9.64 Å². The van der Waals surface area contributed by atoms with Crippen LogP contribution in [0.5, 0.6) is 5.75 Å². The molecule has 1 saturated heterocycles. The third kappa shape index (κ3) is 7.02. The number of pyridine rings is 2. The molecule has 0 radical (unpaired) electrons. The van der Waals surface area contributed by atoms with E-state index in [1.54, 1.807) is 29.2 Å². The fraction of sp³-hybridized carbons (Fsp3) is 0.346. The van der Waals surface area contributed by atoms with Gasteiger partial charge in [-0.1, -0.05) is 18.2 Å². The Hall–Kier alpha value is -3.46. The number of alkyl halides is 3. The monoisotopic (exact) mass is 484 g/mol. The number of carbonyl (C=O) groups is 1. The molecule has 0 spiro atoms. The van der Waals surface area contributed by atoms with E-state index in [0.717, 1.165) is 55.1 Å². The molecule has 0 atom stereocenters. The number of piperazine rings is 1. The van der Waals surface area contributed by atoms with Gasteiger partial charge in [0.1, 0.15) is 5.75 Å². The molecule has 184 valence electrons. The molecule has 1 aromatic carbocycles. The van der Waals surface area contributed by atoms with Gasteiger partial charge in [0.25, 0.3) is 0 Å². The van der Waals surface area contributed by atoms with Crippen LogP contribution < -0.4 is 4.74 Å². The lowest BCUT2D eigenvalue weighted by Crippen LogP contribution is -2.49. The van der Waals surface area contributed by atoms with E-state index in [9.17, 15) is 18.0 Å². The Bertz CT molecular complexity index is 1110. The number of ether oxygens (including phenoxy) is 1. The van der Waals surface area contributed by atoms with Crippen molar-refractivity contribution >= 4 is 6.09 Å². The average Bonchev–Trinajstić information content (AvgIpc) is 2.85. The first-order valence-corrected chi connectivity index (χ1v) is 11.5. The van der Waals surface area contributed by atoms with Crippen molar-refractivity contribution in [3.05, 3.63) is 89.0 Å². The number of halogens is 3. The van der Waals surface area contributed by atoms with Crippen LogP contribution in [-0.2, 0) is 19.0 Å². The van der Waals surface area contributed by atoms with Crippen molar-refractivity contribution in [2.45, 2.75) is 25.9 Å². The first-order chi connectivity index (χ1) is 16.8. The zero-order valence-corrected chi connectivity index (χ0v) is 19.5. The van der Waals surface area contributed by atoms with Crippen molar-refractivity contribution in [2.75, 3.05) is 32.7 Å². The van der Waals surface area contributed by atoms with Crippen LogP contribution in [0.3, 0.4) is 0 Å². The quantitative estimate of drug-likeness (QED) is 0.505. The van der Waals surface area contributed by atoms with Crippen LogP contribution in [0.2, 0.25) is 0 Å². The number of aryl methyl sites for hydroxylation is 1. The lowest BCUT2D eigenvalue weighted by atomic mass is 10.1. The fourth-order valence-corrected chi connectivity index (χ4v) is 3.82. The second-order valence-electron chi connectivity index (χ2n) is 8.63. The van der Waals surface area contributed by atoms with Crippen molar-refractivity contribution in [2.24, 2.45) is 0 Å². The first-order valence-electron chi connectivity index (χ1n) is 11.5. The summed E-state index contributed by atoms with van der Waals surface area (Å²) in [5.74, 6) is 0.423. The maximum Gasteiger partial charge on any atom is 0.417 e. The molecule has 4 rings (SSSR count). The molecule has 3 heterocycles. The molecule has 1 aliphatic rings. The molecule has 35 heavy (non-hydrogen) atoms. The van der Waals surface area contributed by atoms with Gasteiger partial charge in [0, 0.05) is 69.3 Å². The van der Waals surface area contributed by atoms with E-state index in [-0.39, 0.29) is 6.09 Å². The van der Waals surface area contributed by atoms with E-state index in [1.807, 2.05) is 19.2 Å². The third-order valence-corrected chi connectivity index (χ3v) is 5.95. The number of benzene rings is 1. The molecule has 6 nitrogen and oxygen atoms in total. The van der Waals surface area contributed by atoms with Gasteiger partial charge in [-0.25, -0.2) is 4.79 Å². The van der Waals surface area contributed by atoms with Gasteiger partial charge in [0.2, 0.25) is 0 Å². The summed E-state index contributed by atoms with van der Waals surface area (Å²) in [5, 5.41) is 0. The molecular formula is C26H27F3N4O2. The maximum absolute atomic E-state index is 12.7. The number of hydrogen-bond acceptors (Lipinski definition) is 5. The molecule has 3 aromatic rings. The summed E-state index contributed by atoms with van der Waals surface area (Å²) in [5.41, 5.74) is 2.82. The van der Waals surface area contributed by atoms with Gasteiger partial charge in [-0.15, -0.1) is 0 Å². The second-order valence-corrected chi connectivity index (χ2v) is 8.63. The molecule has 0 bridgehead atoms. The second kappa shape index (κ2) is 10.9. The minimum atomic E-state index is -4.40. The van der Waals surface area contributed by atoms with Crippen molar-refractivity contribution < 1.29 is 22.7 Å². The lowest BCUT2D eigenvalue weighted by molar-refractivity contribution is -0.137. The highest BCUT2D eigenvalue weighted by Gasteiger charge is 2.30. The van der Waals surface area contributed by atoms with Crippen molar-refractivity contribution in [1.82, 2.24) is 19.8 Å². The minimum Gasteiger partial charge on any atom is -0.410 e. The van der Waals surface area contributed by atoms with Crippen LogP contribution in [0.4, 0.5) is 18.0 Å². The molecule has 0 saturated carbocycles. The third-order valence-electron chi connectivity index (χ3n) is 5.95. The van der Waals surface area contributed by atoms with Crippen molar-refractivity contribution in [1.29, 1.82) is 0 Å². The van der Waals surface area contributed by atoms with Gasteiger partial charge in [0.15, 0.2) is 0 Å². The summed E-state index contributed by atoms with van der Waals surface area (Å²) in [4.78, 5) is 24.9. The molecule has 9 heteroatoms. The summed E-state index contributed by atoms with van der Waals surface area (Å²) in [6.07, 6.45) is -0.817. The van der Waals surface area contributed by atoms with E-state index in [4.69, 9.17) is 4.74 Å². The van der Waals surface area contributed by atoms with E-state index >= 15 is 0 Å². The van der Waals surface area contributed by atoms with Gasteiger partial charge in [-0.2, -0.15) is 13.2 Å². The zero-order valence-electron chi connectivity index (χ0n) is 19.5. The van der Waals surface area contributed by atoms with Crippen LogP contribution >= 0.6 is 0 Å². The molecular weight excluding hydrogens is 457 g/mol. The molecule has 1 amide bonds. The summed E-state index contributed by atoms with van der Waals surface area (Å²) >= 11 is 0.